The maximum atomic E-state index is 13.1. The molecule has 0 unspecified atom stereocenters. The van der Waals surface area contributed by atoms with Crippen LogP contribution in [0.5, 0.6) is 28.7 Å². The van der Waals surface area contributed by atoms with E-state index in [1.165, 1.54) is 11.8 Å². The Morgan fingerprint density at radius 3 is 2.03 bits per heavy atom. The second kappa shape index (κ2) is 10.3. The lowest BCUT2D eigenvalue weighted by Gasteiger charge is -2.21. The molecule has 1 amide bonds. The van der Waals surface area contributed by atoms with Gasteiger partial charge in [0.25, 0.3) is 5.91 Å². The number of fused-ring (bicyclic) bond motifs is 1. The van der Waals surface area contributed by atoms with E-state index in [0.29, 0.717) is 73.0 Å². The number of rotatable bonds is 9. The van der Waals surface area contributed by atoms with Gasteiger partial charge < -0.3 is 29.0 Å². The predicted molar refractivity (Wildman–Crippen MR) is 117 cm³/mol. The molecule has 2 aromatic carbocycles. The van der Waals surface area contributed by atoms with Crippen LogP contribution >= 0.6 is 11.8 Å². The minimum absolute atomic E-state index is 0.285. The Morgan fingerprint density at radius 2 is 1.50 bits per heavy atom. The van der Waals surface area contributed by atoms with E-state index in [9.17, 15) is 4.79 Å². The van der Waals surface area contributed by atoms with Gasteiger partial charge in [-0.05, 0) is 45.2 Å². The molecule has 8 heteroatoms. The number of thioether (sulfide) groups is 1. The third kappa shape index (κ3) is 4.87. The molecule has 0 aliphatic carbocycles. The van der Waals surface area contributed by atoms with Crippen molar-refractivity contribution in [1.29, 1.82) is 0 Å². The fraction of sp³-hybridized carbons (Fsp3) is 0.409. The van der Waals surface area contributed by atoms with Crippen LogP contribution in [0, 0.1) is 0 Å². The van der Waals surface area contributed by atoms with Gasteiger partial charge in [-0.15, -0.1) is 11.8 Å². The summed E-state index contributed by atoms with van der Waals surface area (Å²) in [7, 11) is 0. The highest BCUT2D eigenvalue weighted by Gasteiger charge is 2.21. The van der Waals surface area contributed by atoms with Gasteiger partial charge >= 0.3 is 0 Å². The fourth-order valence-electron chi connectivity index (χ4n) is 3.05. The molecule has 3 rings (SSSR count). The summed E-state index contributed by atoms with van der Waals surface area (Å²) in [5.74, 6) is 2.47. The normalized spacial score (nSPS) is 12.3. The second-order valence-corrected chi connectivity index (χ2v) is 7.10. The molecule has 30 heavy (non-hydrogen) atoms. The van der Waals surface area contributed by atoms with Gasteiger partial charge in [-0.2, -0.15) is 0 Å². The van der Waals surface area contributed by atoms with Crippen LogP contribution in [0.3, 0.4) is 0 Å². The first-order chi connectivity index (χ1) is 14.6. The van der Waals surface area contributed by atoms with Crippen LogP contribution in [-0.2, 0) is 0 Å². The summed E-state index contributed by atoms with van der Waals surface area (Å²) >= 11 is 1.52. The Kier molecular flexibility index (Phi) is 7.57. The van der Waals surface area contributed by atoms with Crippen LogP contribution in [0.4, 0.5) is 5.69 Å². The topological polar surface area (TPSA) is 75.3 Å². The van der Waals surface area contributed by atoms with Crippen LogP contribution in [0.15, 0.2) is 29.2 Å². The maximum absolute atomic E-state index is 13.1. The summed E-state index contributed by atoms with van der Waals surface area (Å²) in [6, 6.07) is 7.01. The molecule has 0 spiro atoms. The van der Waals surface area contributed by atoms with E-state index in [-0.39, 0.29) is 5.91 Å². The first kappa shape index (κ1) is 22.0. The summed E-state index contributed by atoms with van der Waals surface area (Å²) < 4.78 is 28.4. The third-order valence-corrected chi connectivity index (χ3v) is 5.06. The number of hydrogen-bond acceptors (Lipinski definition) is 7. The van der Waals surface area contributed by atoms with E-state index in [0.717, 1.165) is 4.90 Å². The molecule has 0 saturated carbocycles. The highest BCUT2D eigenvalue weighted by Crippen LogP contribution is 2.41. The van der Waals surface area contributed by atoms with Crippen molar-refractivity contribution in [3.05, 3.63) is 29.8 Å². The van der Waals surface area contributed by atoms with Gasteiger partial charge in [-0.1, -0.05) is 0 Å². The minimum Gasteiger partial charge on any atom is -0.490 e. The third-order valence-electron chi connectivity index (χ3n) is 4.28. The van der Waals surface area contributed by atoms with Gasteiger partial charge in [0.05, 0.1) is 25.5 Å². The summed E-state index contributed by atoms with van der Waals surface area (Å²) in [4.78, 5) is 14.0. The van der Waals surface area contributed by atoms with E-state index in [1.54, 1.807) is 18.2 Å². The molecule has 7 nitrogen and oxygen atoms in total. The van der Waals surface area contributed by atoms with Gasteiger partial charge in [0.2, 0.25) is 5.75 Å². The van der Waals surface area contributed by atoms with Crippen molar-refractivity contribution in [3.63, 3.8) is 0 Å². The van der Waals surface area contributed by atoms with Crippen molar-refractivity contribution >= 4 is 23.4 Å². The number of anilines is 1. The Labute approximate surface area is 181 Å². The first-order valence-electron chi connectivity index (χ1n) is 9.96. The Balaban J connectivity index is 1.94. The lowest BCUT2D eigenvalue weighted by Crippen LogP contribution is -2.17. The Hall–Kier alpha value is -2.74. The van der Waals surface area contributed by atoms with E-state index >= 15 is 0 Å². The van der Waals surface area contributed by atoms with E-state index in [4.69, 9.17) is 23.7 Å². The number of carbonyl (C=O) groups excluding carboxylic acids is 1. The number of nitrogens with one attached hydrogen (secondary N) is 1. The smallest absolute Gasteiger partial charge is 0.255 e. The zero-order valence-electron chi connectivity index (χ0n) is 17.7. The summed E-state index contributed by atoms with van der Waals surface area (Å²) in [6.45, 7) is 7.97. The molecule has 0 radical (unpaired) electrons. The largest absolute Gasteiger partial charge is 0.490 e. The van der Waals surface area contributed by atoms with Gasteiger partial charge in [-0.25, -0.2) is 0 Å². The van der Waals surface area contributed by atoms with E-state index in [1.807, 2.05) is 33.1 Å². The van der Waals surface area contributed by atoms with Crippen LogP contribution in [-0.4, -0.2) is 45.2 Å². The molecular weight excluding hydrogens is 406 g/mol. The average Bonchev–Trinajstić information content (AvgIpc) is 2.75. The SMILES string of the molecule is CCOc1cc(C(=O)Nc2cc3c(cc2SC)OCCO3)cc(OCC)c1OCC. The molecule has 1 heterocycles. The van der Waals surface area contributed by atoms with Gasteiger partial charge in [0.1, 0.15) is 13.2 Å². The van der Waals surface area contributed by atoms with Crippen molar-refractivity contribution in [3.8, 4) is 28.7 Å². The molecule has 0 bridgehead atoms. The van der Waals surface area contributed by atoms with Crippen LogP contribution < -0.4 is 29.0 Å². The maximum Gasteiger partial charge on any atom is 0.255 e. The summed E-state index contributed by atoms with van der Waals surface area (Å²) in [5, 5.41) is 2.97. The number of carbonyl (C=O) groups is 1. The van der Waals surface area contributed by atoms with E-state index < -0.39 is 0 Å². The van der Waals surface area contributed by atoms with Gasteiger partial charge in [-0.3, -0.25) is 4.79 Å². The number of benzene rings is 2. The van der Waals surface area contributed by atoms with Crippen LogP contribution in [0.1, 0.15) is 31.1 Å². The summed E-state index contributed by atoms with van der Waals surface area (Å²) in [6.07, 6.45) is 1.94. The molecule has 1 aliphatic rings. The van der Waals surface area contributed by atoms with Crippen LogP contribution in [0.2, 0.25) is 0 Å². The molecule has 0 atom stereocenters. The van der Waals surface area contributed by atoms with Crippen molar-refractivity contribution in [2.45, 2.75) is 25.7 Å². The number of hydrogen-bond donors (Lipinski definition) is 1. The Bertz CT molecular complexity index is 874. The van der Waals surface area contributed by atoms with Crippen molar-refractivity contribution in [2.75, 3.05) is 44.6 Å². The monoisotopic (exact) mass is 433 g/mol. The number of amides is 1. The molecule has 0 aromatic heterocycles. The molecular formula is C22H27NO6S. The van der Waals surface area contributed by atoms with Crippen LogP contribution in [0.25, 0.3) is 0 Å². The Morgan fingerprint density at radius 1 is 0.933 bits per heavy atom. The predicted octanol–water partition coefficient (Wildman–Crippen LogP) is 4.63. The quantitative estimate of drug-likeness (QED) is 0.578. The highest BCUT2D eigenvalue weighted by atomic mass is 32.2. The minimum atomic E-state index is -0.285. The molecule has 162 valence electrons. The second-order valence-electron chi connectivity index (χ2n) is 6.25. The fourth-order valence-corrected chi connectivity index (χ4v) is 3.61. The standard InChI is InChI=1S/C22H27NO6S/c1-5-25-18-10-14(11-19(26-6-2)21(18)27-7-3)22(24)23-15-12-16-17(13-20(15)30-4)29-9-8-28-16/h10-13H,5-9H2,1-4H3,(H,23,24). The molecule has 1 aliphatic heterocycles. The van der Waals surface area contributed by atoms with Gasteiger partial charge in [0.15, 0.2) is 23.0 Å². The highest BCUT2D eigenvalue weighted by molar-refractivity contribution is 7.98. The van der Waals surface area contributed by atoms with E-state index in [2.05, 4.69) is 5.32 Å². The number of ether oxygens (including phenoxy) is 5. The molecule has 1 N–H and O–H groups in total. The van der Waals surface area contributed by atoms with Crippen molar-refractivity contribution in [1.82, 2.24) is 0 Å². The average molecular weight is 434 g/mol. The molecule has 0 saturated heterocycles. The summed E-state index contributed by atoms with van der Waals surface area (Å²) in [5.41, 5.74) is 1.06. The zero-order valence-corrected chi connectivity index (χ0v) is 18.5. The molecule has 0 fully saturated rings. The first-order valence-corrected chi connectivity index (χ1v) is 11.2. The lowest BCUT2D eigenvalue weighted by molar-refractivity contribution is 0.102. The van der Waals surface area contributed by atoms with Gasteiger partial charge in [0, 0.05) is 16.5 Å². The van der Waals surface area contributed by atoms with Crippen molar-refractivity contribution < 1.29 is 28.5 Å². The molecule has 2 aromatic rings. The lowest BCUT2D eigenvalue weighted by atomic mass is 10.1. The van der Waals surface area contributed by atoms with Crippen molar-refractivity contribution in [2.24, 2.45) is 0 Å². The zero-order chi connectivity index (χ0) is 21.5.